The van der Waals surface area contributed by atoms with E-state index in [1.165, 1.54) is 21.6 Å². The van der Waals surface area contributed by atoms with Crippen LogP contribution in [0.25, 0.3) is 21.3 Å². The Morgan fingerprint density at radius 3 is 2.50 bits per heavy atom. The number of carbonyl (C=O) groups excluding carboxylic acids is 2. The van der Waals surface area contributed by atoms with Crippen LogP contribution in [0.4, 0.5) is 27.6 Å². The molecule has 0 saturated heterocycles. The molecule has 3 N–H and O–H groups in total. The van der Waals surface area contributed by atoms with Crippen LogP contribution in [0.2, 0.25) is 0 Å². The molecule has 0 bridgehead atoms. The molecule has 0 atom stereocenters. The first kappa shape index (κ1) is 25.8. The molecule has 4 aromatic rings. The highest BCUT2D eigenvalue weighted by atomic mass is 32.1. The number of nitrogens with one attached hydrogen (secondary N) is 1. The summed E-state index contributed by atoms with van der Waals surface area (Å²) in [5, 5.41) is 10.6. The van der Waals surface area contributed by atoms with Crippen molar-refractivity contribution in [1.82, 2.24) is 24.5 Å². The van der Waals surface area contributed by atoms with Crippen LogP contribution in [0.5, 0.6) is 0 Å². The molecule has 1 aliphatic carbocycles. The third kappa shape index (κ3) is 4.61. The molecule has 38 heavy (non-hydrogen) atoms. The van der Waals surface area contributed by atoms with Gasteiger partial charge in [0.25, 0.3) is 12.3 Å². The lowest BCUT2D eigenvalue weighted by Crippen LogP contribution is -2.22. The summed E-state index contributed by atoms with van der Waals surface area (Å²) in [6.45, 7) is 1.20. The predicted octanol–water partition coefficient (Wildman–Crippen LogP) is 4.77. The van der Waals surface area contributed by atoms with Gasteiger partial charge in [-0.25, -0.2) is 13.8 Å². The molecule has 9 nitrogen and oxygen atoms in total. The lowest BCUT2D eigenvalue weighted by atomic mass is 10.0. The number of hydrogen-bond acceptors (Lipinski definition) is 6. The van der Waals surface area contributed by atoms with Crippen LogP contribution in [0.15, 0.2) is 18.3 Å². The number of rotatable bonds is 7. The van der Waals surface area contributed by atoms with Crippen LogP contribution in [-0.4, -0.2) is 36.4 Å². The van der Waals surface area contributed by atoms with Crippen molar-refractivity contribution in [2.45, 2.75) is 44.8 Å². The standard InChI is InChI=1S/C23H20F5N7O2S/c1-9-12(7-30-34(9)2)11-5-15(23(26,27)28)31-22-17(11)18(19(38-22)21(29)37)32-16(36)8-35-14(10-3-4-10)6-13(33-35)20(24)25/h5-7,10,20H,3-4,8H2,1-2H3,(H2,29,37)(H,32,36). The van der Waals surface area contributed by atoms with Crippen molar-refractivity contribution in [3.8, 4) is 11.1 Å². The van der Waals surface area contributed by atoms with Crippen molar-refractivity contribution in [1.29, 1.82) is 0 Å². The van der Waals surface area contributed by atoms with Crippen LogP contribution < -0.4 is 11.1 Å². The van der Waals surface area contributed by atoms with Gasteiger partial charge in [-0.05, 0) is 37.5 Å². The first-order chi connectivity index (χ1) is 17.8. The number of thiophene rings is 1. The summed E-state index contributed by atoms with van der Waals surface area (Å²) >= 11 is 0.609. The number of carbonyl (C=O) groups is 2. The minimum absolute atomic E-state index is 0.0103. The van der Waals surface area contributed by atoms with E-state index in [1.807, 2.05) is 0 Å². The number of hydrogen-bond donors (Lipinski definition) is 2. The number of alkyl halides is 5. The van der Waals surface area contributed by atoms with Gasteiger partial charge < -0.3 is 11.1 Å². The van der Waals surface area contributed by atoms with E-state index < -0.39 is 42.3 Å². The fourth-order valence-corrected chi connectivity index (χ4v) is 5.23. The molecular formula is C23H20F5N7O2S. The van der Waals surface area contributed by atoms with Gasteiger partial charge >= 0.3 is 6.18 Å². The van der Waals surface area contributed by atoms with Crippen LogP contribution in [0.1, 0.15) is 57.6 Å². The van der Waals surface area contributed by atoms with Gasteiger partial charge in [-0.15, -0.1) is 11.3 Å². The largest absolute Gasteiger partial charge is 0.433 e. The smallest absolute Gasteiger partial charge is 0.365 e. The predicted molar refractivity (Wildman–Crippen MR) is 128 cm³/mol. The Balaban J connectivity index is 1.62. The van der Waals surface area contributed by atoms with Gasteiger partial charge in [0, 0.05) is 35.3 Å². The lowest BCUT2D eigenvalue weighted by Gasteiger charge is -2.13. The maximum Gasteiger partial charge on any atom is 0.433 e. The van der Waals surface area contributed by atoms with Crippen LogP contribution in [0, 0.1) is 6.92 Å². The van der Waals surface area contributed by atoms with Gasteiger partial charge in [0.1, 0.15) is 27.6 Å². The number of anilines is 1. The lowest BCUT2D eigenvalue weighted by molar-refractivity contribution is -0.140. The monoisotopic (exact) mass is 553 g/mol. The van der Waals surface area contributed by atoms with Crippen molar-refractivity contribution in [2.24, 2.45) is 12.8 Å². The van der Waals surface area contributed by atoms with Crippen LogP contribution >= 0.6 is 11.3 Å². The number of primary amides is 1. The Bertz CT molecular complexity index is 1580. The Labute approximate surface area is 215 Å². The number of fused-ring (bicyclic) bond motifs is 1. The number of pyridine rings is 1. The zero-order chi connectivity index (χ0) is 27.5. The summed E-state index contributed by atoms with van der Waals surface area (Å²) in [4.78, 5) is 28.7. The van der Waals surface area contributed by atoms with E-state index in [-0.39, 0.29) is 32.3 Å². The summed E-state index contributed by atoms with van der Waals surface area (Å²) in [7, 11) is 1.61. The van der Waals surface area contributed by atoms with Crippen molar-refractivity contribution in [2.75, 3.05) is 5.32 Å². The summed E-state index contributed by atoms with van der Waals surface area (Å²) in [5.41, 5.74) is 5.14. The SMILES string of the molecule is Cc1c(-c2cc(C(F)(F)F)nc3sc(C(N)=O)c(NC(=O)Cn4nc(C(F)F)cc4C4CC4)c23)cnn1C. The van der Waals surface area contributed by atoms with Crippen molar-refractivity contribution >= 4 is 39.1 Å². The average Bonchev–Trinajstić information content (AvgIpc) is 3.36. The highest BCUT2D eigenvalue weighted by Gasteiger charge is 2.36. The van der Waals surface area contributed by atoms with Crippen molar-refractivity contribution in [3.63, 3.8) is 0 Å². The molecule has 0 unspecified atom stereocenters. The topological polar surface area (TPSA) is 121 Å². The second kappa shape index (κ2) is 9.15. The van der Waals surface area contributed by atoms with Gasteiger partial charge in [0.2, 0.25) is 5.91 Å². The van der Waals surface area contributed by atoms with E-state index in [0.717, 1.165) is 18.9 Å². The maximum absolute atomic E-state index is 13.7. The van der Waals surface area contributed by atoms with Gasteiger partial charge in [0.05, 0.1) is 11.9 Å². The molecule has 0 aliphatic heterocycles. The molecule has 15 heteroatoms. The molecule has 0 radical (unpaired) electrons. The molecule has 0 spiro atoms. The van der Waals surface area contributed by atoms with E-state index in [0.29, 0.717) is 28.3 Å². The molecule has 4 aromatic heterocycles. The fourth-order valence-electron chi connectivity index (χ4n) is 4.22. The van der Waals surface area contributed by atoms with E-state index in [2.05, 4.69) is 20.5 Å². The number of aryl methyl sites for hydroxylation is 1. The molecule has 200 valence electrons. The Hall–Kier alpha value is -3.88. The van der Waals surface area contributed by atoms with Crippen LogP contribution in [-0.2, 0) is 24.6 Å². The highest BCUT2D eigenvalue weighted by Crippen LogP contribution is 2.44. The van der Waals surface area contributed by atoms with E-state index in [1.54, 1.807) is 14.0 Å². The van der Waals surface area contributed by atoms with Gasteiger partial charge in [-0.3, -0.25) is 19.0 Å². The molecule has 2 amide bonds. The minimum Gasteiger partial charge on any atom is -0.365 e. The van der Waals surface area contributed by atoms with Gasteiger partial charge in [-0.2, -0.15) is 23.4 Å². The number of amides is 2. The highest BCUT2D eigenvalue weighted by molar-refractivity contribution is 7.21. The van der Waals surface area contributed by atoms with Gasteiger partial charge in [0.15, 0.2) is 0 Å². The number of nitrogens with zero attached hydrogens (tertiary/aromatic N) is 5. The summed E-state index contributed by atoms with van der Waals surface area (Å²) in [5.74, 6) is -1.70. The first-order valence-corrected chi connectivity index (χ1v) is 12.2. The Morgan fingerprint density at radius 1 is 1.24 bits per heavy atom. The van der Waals surface area contributed by atoms with Crippen molar-refractivity contribution < 1.29 is 31.5 Å². The van der Waals surface area contributed by atoms with E-state index >= 15 is 0 Å². The molecule has 1 aliphatic rings. The molecule has 1 saturated carbocycles. The summed E-state index contributed by atoms with van der Waals surface area (Å²) < 4.78 is 70.2. The minimum atomic E-state index is -4.79. The Morgan fingerprint density at radius 2 is 1.95 bits per heavy atom. The zero-order valence-corrected chi connectivity index (χ0v) is 20.8. The maximum atomic E-state index is 13.7. The number of nitrogens with two attached hydrogens (primary N) is 1. The zero-order valence-electron chi connectivity index (χ0n) is 19.9. The fraction of sp³-hybridized carbons (Fsp3) is 0.348. The third-order valence-corrected chi connectivity index (χ3v) is 7.41. The normalized spacial score (nSPS) is 14.0. The third-order valence-electron chi connectivity index (χ3n) is 6.31. The molecule has 4 heterocycles. The second-order valence-electron chi connectivity index (χ2n) is 8.95. The quantitative estimate of drug-likeness (QED) is 0.320. The molecule has 1 fully saturated rings. The number of halogens is 5. The van der Waals surface area contributed by atoms with Gasteiger partial charge in [-0.1, -0.05) is 0 Å². The molecule has 0 aromatic carbocycles. The molecule has 5 rings (SSSR count). The van der Waals surface area contributed by atoms with E-state index in [9.17, 15) is 31.5 Å². The van der Waals surface area contributed by atoms with Crippen molar-refractivity contribution in [3.05, 3.63) is 46.0 Å². The molecular weight excluding hydrogens is 533 g/mol. The summed E-state index contributed by atoms with van der Waals surface area (Å²) in [6.07, 6.45) is -4.69. The van der Waals surface area contributed by atoms with Crippen LogP contribution in [0.3, 0.4) is 0 Å². The average molecular weight is 554 g/mol. The van der Waals surface area contributed by atoms with E-state index in [4.69, 9.17) is 5.73 Å². The Kier molecular flexibility index (Phi) is 6.20. The number of aromatic nitrogens is 5. The second-order valence-corrected chi connectivity index (χ2v) is 9.94. The first-order valence-electron chi connectivity index (χ1n) is 11.3. The summed E-state index contributed by atoms with van der Waals surface area (Å²) in [6, 6.07) is 2.09.